The molecule has 1 heterocycles. The van der Waals surface area contributed by atoms with Crippen LogP contribution in [0.15, 0.2) is 54.7 Å². The van der Waals surface area contributed by atoms with Crippen molar-refractivity contribution in [1.82, 2.24) is 9.78 Å². The molecular weight excluding hydrogens is 439 g/mol. The summed E-state index contributed by atoms with van der Waals surface area (Å²) in [6.07, 6.45) is 4.62. The van der Waals surface area contributed by atoms with Gasteiger partial charge >= 0.3 is 0 Å². The molecule has 0 aliphatic rings. The van der Waals surface area contributed by atoms with E-state index in [2.05, 4.69) is 10.4 Å². The summed E-state index contributed by atoms with van der Waals surface area (Å²) >= 11 is 12.3. The number of benzene rings is 2. The fourth-order valence-corrected chi connectivity index (χ4v) is 3.13. The third kappa shape index (κ3) is 5.79. The van der Waals surface area contributed by atoms with Crippen LogP contribution in [0.2, 0.25) is 10.0 Å². The van der Waals surface area contributed by atoms with Gasteiger partial charge in [-0.25, -0.2) is 4.68 Å². The molecule has 0 spiro atoms. The SMILES string of the molecule is COc1cc(/C=C/C(=O)Nc2ccnn2Cc2cccc(Cl)c2Cl)ccc1OCC#N. The molecule has 1 amide bonds. The Morgan fingerprint density at radius 1 is 1.26 bits per heavy atom. The lowest BCUT2D eigenvalue weighted by Crippen LogP contribution is -2.14. The van der Waals surface area contributed by atoms with Crippen LogP contribution in [0.1, 0.15) is 11.1 Å². The van der Waals surface area contributed by atoms with Crippen LogP contribution in [-0.4, -0.2) is 29.4 Å². The number of ether oxygens (including phenoxy) is 2. The third-order valence-corrected chi connectivity index (χ3v) is 5.08. The Labute approximate surface area is 189 Å². The van der Waals surface area contributed by atoms with Gasteiger partial charge in [-0.2, -0.15) is 10.4 Å². The molecule has 0 radical (unpaired) electrons. The second-order valence-electron chi connectivity index (χ2n) is 6.27. The Balaban J connectivity index is 1.68. The molecule has 9 heteroatoms. The first-order valence-electron chi connectivity index (χ1n) is 9.13. The van der Waals surface area contributed by atoms with Gasteiger partial charge in [-0.05, 0) is 35.4 Å². The van der Waals surface area contributed by atoms with E-state index < -0.39 is 0 Å². The zero-order valence-corrected chi connectivity index (χ0v) is 18.0. The smallest absolute Gasteiger partial charge is 0.249 e. The van der Waals surface area contributed by atoms with Crippen LogP contribution in [0.3, 0.4) is 0 Å². The molecule has 0 fully saturated rings. The minimum Gasteiger partial charge on any atom is -0.493 e. The zero-order valence-electron chi connectivity index (χ0n) is 16.5. The molecule has 0 bridgehead atoms. The topological polar surface area (TPSA) is 89.2 Å². The number of hydrogen-bond acceptors (Lipinski definition) is 5. The van der Waals surface area contributed by atoms with Gasteiger partial charge in [0.25, 0.3) is 0 Å². The summed E-state index contributed by atoms with van der Waals surface area (Å²) in [4.78, 5) is 12.4. The maximum absolute atomic E-state index is 12.4. The molecule has 7 nitrogen and oxygen atoms in total. The monoisotopic (exact) mass is 456 g/mol. The van der Waals surface area contributed by atoms with E-state index in [0.29, 0.717) is 33.9 Å². The number of amides is 1. The van der Waals surface area contributed by atoms with Gasteiger partial charge in [0.1, 0.15) is 11.9 Å². The molecule has 0 atom stereocenters. The van der Waals surface area contributed by atoms with Gasteiger partial charge in [0.2, 0.25) is 5.91 Å². The Morgan fingerprint density at radius 3 is 2.87 bits per heavy atom. The van der Waals surface area contributed by atoms with E-state index in [-0.39, 0.29) is 12.5 Å². The van der Waals surface area contributed by atoms with E-state index in [0.717, 1.165) is 11.1 Å². The predicted molar refractivity (Wildman–Crippen MR) is 120 cm³/mol. The van der Waals surface area contributed by atoms with Gasteiger partial charge in [-0.3, -0.25) is 4.79 Å². The van der Waals surface area contributed by atoms with Crippen LogP contribution >= 0.6 is 23.2 Å². The van der Waals surface area contributed by atoms with Crippen LogP contribution in [0, 0.1) is 11.3 Å². The van der Waals surface area contributed by atoms with Gasteiger partial charge in [-0.15, -0.1) is 0 Å². The molecule has 2 aromatic carbocycles. The molecule has 1 aromatic heterocycles. The lowest BCUT2D eigenvalue weighted by Gasteiger charge is -2.10. The van der Waals surface area contributed by atoms with Gasteiger partial charge in [0, 0.05) is 12.1 Å². The average molecular weight is 457 g/mol. The molecular formula is C22H18Cl2N4O3. The number of rotatable bonds is 8. The van der Waals surface area contributed by atoms with Crippen LogP contribution < -0.4 is 14.8 Å². The molecule has 158 valence electrons. The van der Waals surface area contributed by atoms with E-state index in [4.69, 9.17) is 37.9 Å². The average Bonchev–Trinajstić information content (AvgIpc) is 3.20. The molecule has 0 saturated carbocycles. The normalized spacial score (nSPS) is 10.6. The van der Waals surface area contributed by atoms with Crippen molar-refractivity contribution in [2.75, 3.05) is 19.0 Å². The quantitative estimate of drug-likeness (QED) is 0.491. The number of carbonyl (C=O) groups excluding carboxylic acids is 1. The first-order valence-corrected chi connectivity index (χ1v) is 9.89. The fourth-order valence-electron chi connectivity index (χ4n) is 2.75. The van der Waals surface area contributed by atoms with E-state index in [1.165, 1.54) is 13.2 Å². The van der Waals surface area contributed by atoms with Crippen LogP contribution in [-0.2, 0) is 11.3 Å². The van der Waals surface area contributed by atoms with Crippen molar-refractivity contribution in [2.45, 2.75) is 6.54 Å². The van der Waals surface area contributed by atoms with Crippen LogP contribution in [0.5, 0.6) is 11.5 Å². The lowest BCUT2D eigenvalue weighted by molar-refractivity contribution is -0.111. The second kappa shape index (κ2) is 10.5. The minimum atomic E-state index is -0.331. The first kappa shape index (κ1) is 22.2. The predicted octanol–water partition coefficient (Wildman–Crippen LogP) is 4.80. The Bertz CT molecular complexity index is 1150. The fraction of sp³-hybridized carbons (Fsp3) is 0.136. The summed E-state index contributed by atoms with van der Waals surface area (Å²) in [7, 11) is 1.50. The molecule has 3 aromatic rings. The van der Waals surface area contributed by atoms with Crippen molar-refractivity contribution in [3.63, 3.8) is 0 Å². The summed E-state index contributed by atoms with van der Waals surface area (Å²) in [5.41, 5.74) is 1.52. The summed E-state index contributed by atoms with van der Waals surface area (Å²) in [6.45, 7) is 0.273. The molecule has 3 rings (SSSR count). The van der Waals surface area contributed by atoms with Crippen molar-refractivity contribution in [2.24, 2.45) is 0 Å². The molecule has 31 heavy (non-hydrogen) atoms. The Hall–Kier alpha value is -3.47. The molecule has 0 unspecified atom stereocenters. The first-order chi connectivity index (χ1) is 15.0. The second-order valence-corrected chi connectivity index (χ2v) is 7.05. The molecule has 1 N–H and O–H groups in total. The highest BCUT2D eigenvalue weighted by atomic mass is 35.5. The van der Waals surface area contributed by atoms with Gasteiger partial charge in [0.15, 0.2) is 18.1 Å². The van der Waals surface area contributed by atoms with Gasteiger partial charge < -0.3 is 14.8 Å². The standard InChI is InChI=1S/C22H18Cl2N4O3/c1-30-19-13-15(5-7-18(19)31-12-10-25)6-8-21(29)27-20-9-11-26-28(20)14-16-3-2-4-17(23)22(16)24/h2-9,11,13H,12,14H2,1H3,(H,27,29)/b8-6+. The zero-order chi connectivity index (χ0) is 22.2. The number of methoxy groups -OCH3 is 1. The minimum absolute atomic E-state index is 0.0813. The Kier molecular flexibility index (Phi) is 7.55. The highest BCUT2D eigenvalue weighted by molar-refractivity contribution is 6.42. The summed E-state index contributed by atoms with van der Waals surface area (Å²) in [5, 5.41) is 16.6. The Morgan fingerprint density at radius 2 is 2.10 bits per heavy atom. The van der Waals surface area contributed by atoms with Crippen molar-refractivity contribution in [3.8, 4) is 17.6 Å². The number of anilines is 1. The van der Waals surface area contributed by atoms with Crippen LogP contribution in [0.25, 0.3) is 6.08 Å². The van der Waals surface area contributed by atoms with E-state index in [1.54, 1.807) is 53.4 Å². The summed E-state index contributed by atoms with van der Waals surface area (Å²) in [6, 6.07) is 14.1. The molecule has 0 aliphatic heterocycles. The number of carbonyl (C=O) groups is 1. The largest absolute Gasteiger partial charge is 0.493 e. The van der Waals surface area contributed by atoms with Gasteiger partial charge in [-0.1, -0.05) is 41.4 Å². The van der Waals surface area contributed by atoms with Crippen molar-refractivity contribution >= 4 is 41.0 Å². The lowest BCUT2D eigenvalue weighted by atomic mass is 10.2. The summed E-state index contributed by atoms with van der Waals surface area (Å²) in [5.74, 6) is 1.11. The van der Waals surface area contributed by atoms with Crippen molar-refractivity contribution < 1.29 is 14.3 Å². The number of nitriles is 1. The number of halogens is 2. The highest BCUT2D eigenvalue weighted by Gasteiger charge is 2.10. The number of aromatic nitrogens is 2. The van der Waals surface area contributed by atoms with Crippen molar-refractivity contribution in [3.05, 3.63) is 75.9 Å². The van der Waals surface area contributed by atoms with E-state index in [1.807, 2.05) is 12.1 Å². The van der Waals surface area contributed by atoms with E-state index in [9.17, 15) is 4.79 Å². The molecule has 0 aliphatic carbocycles. The maximum Gasteiger partial charge on any atom is 0.249 e. The number of nitrogens with zero attached hydrogens (tertiary/aromatic N) is 3. The van der Waals surface area contributed by atoms with Gasteiger partial charge in [0.05, 0.1) is 29.9 Å². The summed E-state index contributed by atoms with van der Waals surface area (Å²) < 4.78 is 12.2. The molecule has 0 saturated heterocycles. The number of nitrogens with one attached hydrogen (secondary N) is 1. The van der Waals surface area contributed by atoms with Crippen LogP contribution in [0.4, 0.5) is 5.82 Å². The third-order valence-electron chi connectivity index (χ3n) is 4.23. The van der Waals surface area contributed by atoms with E-state index >= 15 is 0 Å². The highest BCUT2D eigenvalue weighted by Crippen LogP contribution is 2.29. The number of hydrogen-bond donors (Lipinski definition) is 1. The maximum atomic E-state index is 12.4. The van der Waals surface area contributed by atoms with Crippen molar-refractivity contribution in [1.29, 1.82) is 5.26 Å².